The number of aromatic hydroxyl groups is 1. The number of aromatic nitrogens is 2. The summed E-state index contributed by atoms with van der Waals surface area (Å²) in [6, 6.07) is 18.0. The number of benzene rings is 2. The molecule has 0 radical (unpaired) electrons. The molecule has 4 heteroatoms. The number of hydrogen-bond donors (Lipinski definition) is 1. The van der Waals surface area contributed by atoms with Gasteiger partial charge in [0.05, 0.1) is 5.69 Å². The number of rotatable bonds is 4. The van der Waals surface area contributed by atoms with E-state index in [-0.39, 0.29) is 0 Å². The Bertz CT molecular complexity index is 849. The van der Waals surface area contributed by atoms with Crippen LogP contribution in [0.1, 0.15) is 17.5 Å². The van der Waals surface area contributed by atoms with Crippen molar-refractivity contribution in [1.82, 2.24) is 14.7 Å². The lowest BCUT2D eigenvalue weighted by molar-refractivity contribution is 0.294. The molecule has 4 nitrogen and oxygen atoms in total. The highest BCUT2D eigenvalue weighted by Crippen LogP contribution is 2.24. The molecular weight excluding hydrogens is 310 g/mol. The largest absolute Gasteiger partial charge is 0.508 e. The van der Waals surface area contributed by atoms with Gasteiger partial charge in [-0.2, -0.15) is 5.10 Å². The second kappa shape index (κ2) is 6.95. The first-order valence-electron chi connectivity index (χ1n) is 8.58. The average molecular weight is 331 g/mol. The molecule has 1 aliphatic rings. The number of hydrogen-bond acceptors (Lipinski definition) is 3. The summed E-state index contributed by atoms with van der Waals surface area (Å²) in [6.07, 6.45) is 7.08. The summed E-state index contributed by atoms with van der Waals surface area (Å²) in [5.41, 5.74) is 4.98. The maximum Gasteiger partial charge on any atom is 0.115 e. The molecule has 25 heavy (non-hydrogen) atoms. The Labute approximate surface area is 147 Å². The minimum Gasteiger partial charge on any atom is -0.508 e. The van der Waals surface area contributed by atoms with E-state index in [4.69, 9.17) is 0 Å². The molecule has 0 saturated carbocycles. The van der Waals surface area contributed by atoms with E-state index < -0.39 is 0 Å². The third-order valence-corrected chi connectivity index (χ3v) is 4.64. The molecule has 0 spiro atoms. The molecule has 2 heterocycles. The number of nitrogens with zero attached hydrogens (tertiary/aromatic N) is 3. The van der Waals surface area contributed by atoms with E-state index in [2.05, 4.69) is 40.3 Å². The molecule has 126 valence electrons. The number of phenolic OH excluding ortho intramolecular Hbond substituents is 1. The summed E-state index contributed by atoms with van der Waals surface area (Å²) < 4.78 is 1.87. The Morgan fingerprint density at radius 2 is 1.80 bits per heavy atom. The normalized spacial score (nSPS) is 15.1. The number of phenols is 1. The molecule has 0 aliphatic carbocycles. The van der Waals surface area contributed by atoms with E-state index in [0.717, 1.165) is 31.7 Å². The molecule has 0 atom stereocenters. The molecule has 0 saturated heterocycles. The summed E-state index contributed by atoms with van der Waals surface area (Å²) in [6.45, 7) is 2.96. The van der Waals surface area contributed by atoms with Crippen LogP contribution in [0.25, 0.3) is 11.3 Å². The van der Waals surface area contributed by atoms with E-state index in [0.29, 0.717) is 5.75 Å². The van der Waals surface area contributed by atoms with Crippen molar-refractivity contribution in [3.63, 3.8) is 0 Å². The lowest BCUT2D eigenvalue weighted by Gasteiger charge is -2.26. The monoisotopic (exact) mass is 331 g/mol. The summed E-state index contributed by atoms with van der Waals surface area (Å²) in [5, 5.41) is 13.7. The van der Waals surface area contributed by atoms with E-state index >= 15 is 0 Å². The van der Waals surface area contributed by atoms with Crippen molar-refractivity contribution in [3.8, 4) is 11.4 Å². The van der Waals surface area contributed by atoms with Gasteiger partial charge in [0.25, 0.3) is 0 Å². The second-order valence-electron chi connectivity index (χ2n) is 6.38. The third-order valence-electron chi connectivity index (χ3n) is 4.64. The zero-order valence-corrected chi connectivity index (χ0v) is 14.0. The third kappa shape index (κ3) is 3.64. The molecule has 3 aromatic rings. The Kier molecular flexibility index (Phi) is 4.36. The molecule has 1 aliphatic heterocycles. The smallest absolute Gasteiger partial charge is 0.115 e. The Morgan fingerprint density at radius 1 is 1.00 bits per heavy atom. The van der Waals surface area contributed by atoms with Gasteiger partial charge in [-0.3, -0.25) is 4.90 Å². The van der Waals surface area contributed by atoms with Crippen molar-refractivity contribution in [3.05, 3.63) is 84.2 Å². The van der Waals surface area contributed by atoms with Crippen molar-refractivity contribution in [2.24, 2.45) is 0 Å². The molecule has 0 amide bonds. The van der Waals surface area contributed by atoms with Crippen LogP contribution >= 0.6 is 0 Å². The predicted octanol–water partition coefficient (Wildman–Crippen LogP) is 3.87. The van der Waals surface area contributed by atoms with Crippen LogP contribution in [0, 0.1) is 0 Å². The maximum absolute atomic E-state index is 9.41. The molecule has 4 rings (SSSR count). The zero-order valence-electron chi connectivity index (χ0n) is 14.0. The molecule has 0 bridgehead atoms. The van der Waals surface area contributed by atoms with Crippen LogP contribution < -0.4 is 0 Å². The first-order chi connectivity index (χ1) is 12.3. The molecule has 0 fully saturated rings. The fourth-order valence-electron chi connectivity index (χ4n) is 3.23. The van der Waals surface area contributed by atoms with Crippen LogP contribution in [0.3, 0.4) is 0 Å². The molecule has 1 aromatic heterocycles. The van der Waals surface area contributed by atoms with Crippen LogP contribution in [0.4, 0.5) is 0 Å². The van der Waals surface area contributed by atoms with E-state index in [1.807, 2.05) is 29.1 Å². The quantitative estimate of drug-likeness (QED) is 0.789. The summed E-state index contributed by atoms with van der Waals surface area (Å²) in [4.78, 5) is 2.45. The van der Waals surface area contributed by atoms with E-state index in [9.17, 15) is 5.11 Å². The van der Waals surface area contributed by atoms with Crippen molar-refractivity contribution in [2.45, 2.75) is 13.0 Å². The Hall–Kier alpha value is -2.85. The molecule has 0 unspecified atom stereocenters. The fraction of sp³-hybridized carbons (Fsp3) is 0.190. The highest BCUT2D eigenvalue weighted by molar-refractivity contribution is 5.67. The first kappa shape index (κ1) is 15.7. The first-order valence-corrected chi connectivity index (χ1v) is 8.58. The lowest BCUT2D eigenvalue weighted by atomic mass is 9.99. The second-order valence-corrected chi connectivity index (χ2v) is 6.38. The predicted molar refractivity (Wildman–Crippen MR) is 99.5 cm³/mol. The molecule has 1 N–H and O–H groups in total. The highest BCUT2D eigenvalue weighted by atomic mass is 16.3. The lowest BCUT2D eigenvalue weighted by Crippen LogP contribution is -2.28. The Balaban J connectivity index is 1.39. The van der Waals surface area contributed by atoms with Crippen molar-refractivity contribution >= 4 is 5.57 Å². The van der Waals surface area contributed by atoms with Crippen molar-refractivity contribution < 1.29 is 5.11 Å². The summed E-state index contributed by atoms with van der Waals surface area (Å²) in [5.74, 6) is 0.320. The van der Waals surface area contributed by atoms with Gasteiger partial charge >= 0.3 is 0 Å². The van der Waals surface area contributed by atoms with Gasteiger partial charge in [-0.25, -0.2) is 4.68 Å². The standard InChI is InChI=1S/C21H21N3O/c25-21-8-4-18(5-9-21)19-10-14-23(15-11-19)16-17-2-6-20(7-3-17)24-13-1-12-22-24/h1-10,12-13,25H,11,14-16H2. The van der Waals surface area contributed by atoms with Gasteiger partial charge in [0.15, 0.2) is 0 Å². The van der Waals surface area contributed by atoms with Gasteiger partial charge in [0, 0.05) is 32.0 Å². The van der Waals surface area contributed by atoms with E-state index in [1.54, 1.807) is 18.3 Å². The van der Waals surface area contributed by atoms with Gasteiger partial charge in [-0.15, -0.1) is 0 Å². The van der Waals surface area contributed by atoms with Crippen LogP contribution in [0.5, 0.6) is 5.75 Å². The SMILES string of the molecule is Oc1ccc(C2=CCN(Cc3ccc(-n4cccn4)cc3)CC2)cc1. The maximum atomic E-state index is 9.41. The molecule has 2 aromatic carbocycles. The topological polar surface area (TPSA) is 41.3 Å². The van der Waals surface area contributed by atoms with Crippen LogP contribution in [-0.4, -0.2) is 32.9 Å². The van der Waals surface area contributed by atoms with Gasteiger partial charge in [0.1, 0.15) is 5.75 Å². The fourth-order valence-corrected chi connectivity index (χ4v) is 3.23. The Morgan fingerprint density at radius 3 is 2.44 bits per heavy atom. The van der Waals surface area contributed by atoms with Gasteiger partial charge in [0.2, 0.25) is 0 Å². The molecular formula is C21H21N3O. The minimum atomic E-state index is 0.320. The van der Waals surface area contributed by atoms with Crippen molar-refractivity contribution in [2.75, 3.05) is 13.1 Å². The van der Waals surface area contributed by atoms with Gasteiger partial charge in [-0.1, -0.05) is 30.3 Å². The van der Waals surface area contributed by atoms with Crippen LogP contribution in [-0.2, 0) is 6.54 Å². The summed E-state index contributed by atoms with van der Waals surface area (Å²) >= 11 is 0. The van der Waals surface area contributed by atoms with E-state index in [1.165, 1.54) is 16.7 Å². The average Bonchev–Trinajstić information content (AvgIpc) is 3.19. The highest BCUT2D eigenvalue weighted by Gasteiger charge is 2.13. The minimum absolute atomic E-state index is 0.320. The van der Waals surface area contributed by atoms with Gasteiger partial charge in [-0.05, 0) is 53.5 Å². The van der Waals surface area contributed by atoms with Crippen molar-refractivity contribution in [1.29, 1.82) is 0 Å². The summed E-state index contributed by atoms with van der Waals surface area (Å²) in [7, 11) is 0. The van der Waals surface area contributed by atoms with Crippen LogP contribution in [0.2, 0.25) is 0 Å². The van der Waals surface area contributed by atoms with Crippen LogP contribution in [0.15, 0.2) is 73.1 Å². The zero-order chi connectivity index (χ0) is 17.1. The van der Waals surface area contributed by atoms with Gasteiger partial charge < -0.3 is 5.11 Å².